The van der Waals surface area contributed by atoms with Crippen LogP contribution in [0.5, 0.6) is 0 Å². The van der Waals surface area contributed by atoms with Crippen molar-refractivity contribution in [1.82, 2.24) is 4.72 Å². The van der Waals surface area contributed by atoms with Gasteiger partial charge in [-0.1, -0.05) is 0 Å². The van der Waals surface area contributed by atoms with Crippen molar-refractivity contribution in [3.63, 3.8) is 0 Å². The summed E-state index contributed by atoms with van der Waals surface area (Å²) in [5.74, 6) is -2.65. The molecule has 0 amide bonds. The highest BCUT2D eigenvalue weighted by Crippen LogP contribution is 2.20. The minimum atomic E-state index is -4.15. The van der Waals surface area contributed by atoms with Crippen LogP contribution in [0.25, 0.3) is 0 Å². The first-order valence-corrected chi connectivity index (χ1v) is 7.49. The highest BCUT2D eigenvalue weighted by atomic mass is 32.2. The van der Waals surface area contributed by atoms with Crippen molar-refractivity contribution in [2.75, 3.05) is 13.7 Å². The first-order valence-electron chi connectivity index (χ1n) is 6.01. The molecule has 1 aromatic rings. The first-order chi connectivity index (χ1) is 9.31. The van der Waals surface area contributed by atoms with Crippen molar-refractivity contribution < 1.29 is 21.9 Å². The van der Waals surface area contributed by atoms with E-state index in [4.69, 9.17) is 10.5 Å². The van der Waals surface area contributed by atoms with Crippen LogP contribution in [0.15, 0.2) is 17.0 Å². The second kappa shape index (κ2) is 7.07. The van der Waals surface area contributed by atoms with Gasteiger partial charge in [-0.05, 0) is 31.0 Å². The summed E-state index contributed by atoms with van der Waals surface area (Å²) >= 11 is 0. The van der Waals surface area contributed by atoms with E-state index >= 15 is 0 Å². The van der Waals surface area contributed by atoms with Gasteiger partial charge in [0.1, 0.15) is 4.90 Å². The Balaban J connectivity index is 3.06. The molecule has 1 rings (SSSR count). The zero-order valence-electron chi connectivity index (χ0n) is 11.3. The predicted octanol–water partition coefficient (Wildman–Crippen LogP) is 1.13. The Labute approximate surface area is 117 Å². The van der Waals surface area contributed by atoms with Crippen LogP contribution in [0, 0.1) is 11.6 Å². The van der Waals surface area contributed by atoms with Gasteiger partial charge in [-0.2, -0.15) is 0 Å². The summed E-state index contributed by atoms with van der Waals surface area (Å²) in [7, 11) is -2.66. The average Bonchev–Trinajstić information content (AvgIpc) is 2.38. The van der Waals surface area contributed by atoms with Crippen molar-refractivity contribution in [3.8, 4) is 0 Å². The van der Waals surface area contributed by atoms with Crippen molar-refractivity contribution in [2.45, 2.75) is 30.8 Å². The van der Waals surface area contributed by atoms with Crippen LogP contribution in [-0.4, -0.2) is 28.2 Å². The predicted molar refractivity (Wildman–Crippen MR) is 70.5 cm³/mol. The molecule has 114 valence electrons. The van der Waals surface area contributed by atoms with Gasteiger partial charge in [0.2, 0.25) is 10.0 Å². The Kier molecular flexibility index (Phi) is 6.00. The minimum absolute atomic E-state index is 0.0844. The fraction of sp³-hybridized carbons (Fsp3) is 0.500. The van der Waals surface area contributed by atoms with Gasteiger partial charge in [0.15, 0.2) is 11.6 Å². The summed E-state index contributed by atoms with van der Waals surface area (Å²) in [4.78, 5) is -0.734. The third-order valence-electron chi connectivity index (χ3n) is 2.69. The lowest BCUT2D eigenvalue weighted by atomic mass is 10.2. The number of nitrogens with one attached hydrogen (secondary N) is 1. The number of benzene rings is 1. The molecule has 0 saturated carbocycles. The summed E-state index contributed by atoms with van der Waals surface area (Å²) < 4.78 is 58.2. The summed E-state index contributed by atoms with van der Waals surface area (Å²) in [6, 6.07) is 1.44. The monoisotopic (exact) mass is 308 g/mol. The smallest absolute Gasteiger partial charge is 0.243 e. The van der Waals surface area contributed by atoms with E-state index in [1.54, 1.807) is 6.92 Å². The summed E-state index contributed by atoms with van der Waals surface area (Å²) in [5, 5.41) is 0. The number of hydrogen-bond donors (Lipinski definition) is 2. The van der Waals surface area contributed by atoms with E-state index in [1.807, 2.05) is 0 Å². The number of rotatable bonds is 7. The van der Waals surface area contributed by atoms with Gasteiger partial charge in [0.05, 0.1) is 0 Å². The van der Waals surface area contributed by atoms with Crippen LogP contribution in [-0.2, 0) is 21.3 Å². The average molecular weight is 308 g/mol. The second-order valence-corrected chi connectivity index (χ2v) is 6.08. The van der Waals surface area contributed by atoms with E-state index in [0.717, 1.165) is 12.1 Å². The lowest BCUT2D eigenvalue weighted by Gasteiger charge is -2.15. The van der Waals surface area contributed by atoms with Crippen molar-refractivity contribution in [2.24, 2.45) is 5.73 Å². The molecule has 1 atom stereocenters. The van der Waals surface area contributed by atoms with Gasteiger partial charge in [-0.25, -0.2) is 21.9 Å². The number of hydrogen-bond acceptors (Lipinski definition) is 4. The third kappa shape index (κ3) is 4.20. The van der Waals surface area contributed by atoms with Crippen molar-refractivity contribution >= 4 is 10.0 Å². The molecule has 8 heteroatoms. The largest absolute Gasteiger partial charge is 0.385 e. The highest BCUT2D eigenvalue weighted by Gasteiger charge is 2.24. The Hall–Kier alpha value is -1.09. The first kappa shape index (κ1) is 17.0. The van der Waals surface area contributed by atoms with Gasteiger partial charge in [0.25, 0.3) is 0 Å². The molecule has 0 aliphatic rings. The second-order valence-electron chi connectivity index (χ2n) is 4.40. The van der Waals surface area contributed by atoms with E-state index in [9.17, 15) is 17.2 Å². The van der Waals surface area contributed by atoms with Crippen LogP contribution in [0.2, 0.25) is 0 Å². The molecule has 1 unspecified atom stereocenters. The molecule has 0 saturated heterocycles. The molecule has 0 spiro atoms. The molecule has 0 aliphatic heterocycles. The topological polar surface area (TPSA) is 81.4 Å². The minimum Gasteiger partial charge on any atom is -0.385 e. The Morgan fingerprint density at radius 1 is 1.40 bits per heavy atom. The zero-order chi connectivity index (χ0) is 15.3. The fourth-order valence-corrected chi connectivity index (χ4v) is 3.03. The molecule has 0 bridgehead atoms. The van der Waals surface area contributed by atoms with Gasteiger partial charge in [-0.3, -0.25) is 0 Å². The molecular weight excluding hydrogens is 290 g/mol. The van der Waals surface area contributed by atoms with Crippen LogP contribution < -0.4 is 10.5 Å². The molecule has 5 nitrogen and oxygen atoms in total. The van der Waals surface area contributed by atoms with E-state index in [-0.39, 0.29) is 12.1 Å². The molecule has 20 heavy (non-hydrogen) atoms. The number of sulfonamides is 1. The van der Waals surface area contributed by atoms with E-state index in [1.165, 1.54) is 7.11 Å². The normalized spacial score (nSPS) is 13.4. The number of nitrogens with two attached hydrogens (primary N) is 1. The van der Waals surface area contributed by atoms with Gasteiger partial charge >= 0.3 is 0 Å². The van der Waals surface area contributed by atoms with Crippen LogP contribution in [0.1, 0.15) is 18.9 Å². The van der Waals surface area contributed by atoms with Crippen LogP contribution in [0.4, 0.5) is 8.78 Å². The number of ether oxygens (including phenoxy) is 1. The van der Waals surface area contributed by atoms with E-state index in [2.05, 4.69) is 4.72 Å². The number of methoxy groups -OCH3 is 1. The van der Waals surface area contributed by atoms with Crippen molar-refractivity contribution in [1.29, 1.82) is 0 Å². The maximum Gasteiger partial charge on any atom is 0.243 e. The van der Waals surface area contributed by atoms with Crippen LogP contribution >= 0.6 is 0 Å². The van der Waals surface area contributed by atoms with Gasteiger partial charge in [-0.15, -0.1) is 0 Å². The van der Waals surface area contributed by atoms with Crippen molar-refractivity contribution in [3.05, 3.63) is 29.3 Å². The summed E-state index contributed by atoms with van der Waals surface area (Å²) in [5.41, 5.74) is 5.53. The van der Waals surface area contributed by atoms with E-state index < -0.39 is 32.6 Å². The zero-order valence-corrected chi connectivity index (χ0v) is 12.1. The molecule has 1 aromatic carbocycles. The maximum atomic E-state index is 13.7. The summed E-state index contributed by atoms with van der Waals surface area (Å²) in [6.45, 7) is 1.87. The van der Waals surface area contributed by atoms with Gasteiger partial charge < -0.3 is 10.5 Å². The molecule has 0 radical (unpaired) electrons. The SMILES string of the molecule is COCCC(C)NS(=O)(=O)c1cc(CN)cc(F)c1F. The third-order valence-corrected chi connectivity index (χ3v) is 4.28. The van der Waals surface area contributed by atoms with Gasteiger partial charge in [0, 0.05) is 26.3 Å². The molecule has 3 N–H and O–H groups in total. The molecular formula is C12H18F2N2O3S. The Bertz CT molecular complexity index is 564. The quantitative estimate of drug-likeness (QED) is 0.791. The molecule has 0 aromatic heterocycles. The lowest BCUT2D eigenvalue weighted by Crippen LogP contribution is -2.34. The van der Waals surface area contributed by atoms with E-state index in [0.29, 0.717) is 13.0 Å². The molecule has 0 fully saturated rings. The number of halogens is 2. The fourth-order valence-electron chi connectivity index (χ4n) is 1.61. The van der Waals surface area contributed by atoms with Crippen LogP contribution in [0.3, 0.4) is 0 Å². The Morgan fingerprint density at radius 3 is 2.60 bits per heavy atom. The summed E-state index contributed by atoms with van der Waals surface area (Å²) in [6.07, 6.45) is 0.413. The lowest BCUT2D eigenvalue weighted by molar-refractivity contribution is 0.188. The maximum absolute atomic E-state index is 13.7. The molecule has 0 aliphatic carbocycles. The standard InChI is InChI=1S/C12H18F2N2O3S/c1-8(3-4-19-2)16-20(17,18)11-6-9(7-15)5-10(13)12(11)14/h5-6,8,16H,3-4,7,15H2,1-2H3. The highest BCUT2D eigenvalue weighted by molar-refractivity contribution is 7.89. The molecule has 0 heterocycles. The Morgan fingerprint density at radius 2 is 2.05 bits per heavy atom.